The number of nitrogens with zero attached hydrogens (tertiary/aromatic N) is 3. The molecule has 0 unspecified atom stereocenters. The maximum Gasteiger partial charge on any atom is 0.156 e. The van der Waals surface area contributed by atoms with Crippen LogP contribution in [-0.4, -0.2) is 36.5 Å². The van der Waals surface area contributed by atoms with Crippen LogP contribution >= 0.6 is 0 Å². The van der Waals surface area contributed by atoms with Gasteiger partial charge in [-0.3, -0.25) is 0 Å². The summed E-state index contributed by atoms with van der Waals surface area (Å²) in [4.78, 5) is 2.15. The topological polar surface area (TPSA) is 64.3 Å². The smallest absolute Gasteiger partial charge is 0.156 e. The molecule has 0 saturated heterocycles. The Morgan fingerprint density at radius 3 is 2.81 bits per heavy atom. The minimum atomic E-state index is 0.345. The van der Waals surface area contributed by atoms with E-state index in [9.17, 15) is 0 Å². The van der Waals surface area contributed by atoms with Gasteiger partial charge in [-0.05, 0) is 19.9 Å². The highest BCUT2D eigenvalue weighted by atomic mass is 16.5. The predicted molar refractivity (Wildman–Crippen MR) is 64.3 cm³/mol. The molecule has 1 aromatic heterocycles. The Labute approximate surface area is 96.6 Å². The second-order valence-corrected chi connectivity index (χ2v) is 3.86. The van der Waals surface area contributed by atoms with Crippen LogP contribution in [0, 0.1) is 0 Å². The molecule has 16 heavy (non-hydrogen) atoms. The summed E-state index contributed by atoms with van der Waals surface area (Å²) in [6, 6.07) is 2.25. The molecule has 0 aliphatic carbocycles. The van der Waals surface area contributed by atoms with Crippen LogP contribution in [0.2, 0.25) is 0 Å². The lowest BCUT2D eigenvalue weighted by molar-refractivity contribution is 0.203. The molecule has 5 heteroatoms. The first-order valence-corrected chi connectivity index (χ1v) is 5.47. The van der Waals surface area contributed by atoms with Crippen molar-refractivity contribution in [1.29, 1.82) is 0 Å². The Morgan fingerprint density at radius 2 is 2.25 bits per heavy atom. The highest BCUT2D eigenvalue weighted by molar-refractivity contribution is 5.46. The van der Waals surface area contributed by atoms with E-state index in [1.54, 1.807) is 13.3 Å². The van der Waals surface area contributed by atoms with Gasteiger partial charge in [0.25, 0.3) is 0 Å². The molecule has 0 spiro atoms. The van der Waals surface area contributed by atoms with Crippen molar-refractivity contribution in [1.82, 2.24) is 10.2 Å². The van der Waals surface area contributed by atoms with Crippen LogP contribution in [0.5, 0.6) is 0 Å². The zero-order valence-corrected chi connectivity index (χ0v) is 10.2. The normalized spacial score (nSPS) is 10.8. The van der Waals surface area contributed by atoms with E-state index in [0.29, 0.717) is 19.2 Å². The molecule has 0 radical (unpaired) electrons. The predicted octanol–water partition coefficient (Wildman–Crippen LogP) is 0.797. The Kier molecular flexibility index (Phi) is 5.14. The molecule has 90 valence electrons. The number of rotatable bonds is 6. The second-order valence-electron chi connectivity index (χ2n) is 3.86. The van der Waals surface area contributed by atoms with Crippen LogP contribution < -0.4 is 10.6 Å². The van der Waals surface area contributed by atoms with Crippen molar-refractivity contribution in [3.8, 4) is 0 Å². The molecule has 0 aliphatic heterocycles. The molecular weight excluding hydrogens is 204 g/mol. The third-order valence-electron chi connectivity index (χ3n) is 2.43. The number of anilines is 1. The van der Waals surface area contributed by atoms with Gasteiger partial charge in [0, 0.05) is 31.8 Å². The zero-order chi connectivity index (χ0) is 12.0. The van der Waals surface area contributed by atoms with Gasteiger partial charge in [0.1, 0.15) is 0 Å². The van der Waals surface area contributed by atoms with Crippen molar-refractivity contribution in [2.75, 3.05) is 25.2 Å². The zero-order valence-electron chi connectivity index (χ0n) is 10.2. The Hall–Kier alpha value is -1.20. The highest BCUT2D eigenvalue weighted by Gasteiger charge is 2.15. The van der Waals surface area contributed by atoms with Crippen molar-refractivity contribution in [2.45, 2.75) is 26.4 Å². The first kappa shape index (κ1) is 12.9. The lowest BCUT2D eigenvalue weighted by Gasteiger charge is -2.28. The molecule has 1 aromatic rings. The van der Waals surface area contributed by atoms with Gasteiger partial charge in [-0.1, -0.05) is 0 Å². The molecule has 2 N–H and O–H groups in total. The summed E-state index contributed by atoms with van der Waals surface area (Å²) < 4.78 is 5.10. The van der Waals surface area contributed by atoms with E-state index in [0.717, 1.165) is 17.9 Å². The average molecular weight is 224 g/mol. The van der Waals surface area contributed by atoms with Crippen LogP contribution in [0.25, 0.3) is 0 Å². The van der Waals surface area contributed by atoms with Crippen LogP contribution in [0.4, 0.5) is 5.82 Å². The standard InChI is InChI=1S/C11H20N4O/c1-9(2)15(6-7-16-3)11-10(8-12)4-5-13-14-11/h4-5,9H,6-8,12H2,1-3H3. The number of ether oxygens (including phenoxy) is 1. The highest BCUT2D eigenvalue weighted by Crippen LogP contribution is 2.17. The van der Waals surface area contributed by atoms with Gasteiger partial charge in [-0.15, -0.1) is 5.10 Å². The minimum Gasteiger partial charge on any atom is -0.383 e. The van der Waals surface area contributed by atoms with Gasteiger partial charge >= 0.3 is 0 Å². The van der Waals surface area contributed by atoms with Crippen LogP contribution in [0.1, 0.15) is 19.4 Å². The van der Waals surface area contributed by atoms with Crippen molar-refractivity contribution >= 4 is 5.82 Å². The fourth-order valence-electron chi connectivity index (χ4n) is 1.55. The summed E-state index contributed by atoms with van der Waals surface area (Å²) in [6.45, 7) is 6.16. The van der Waals surface area contributed by atoms with Crippen molar-refractivity contribution in [3.63, 3.8) is 0 Å². The summed E-state index contributed by atoms with van der Waals surface area (Å²) in [5.74, 6) is 0.858. The second kappa shape index (κ2) is 6.40. The summed E-state index contributed by atoms with van der Waals surface area (Å²) in [5.41, 5.74) is 6.71. The Morgan fingerprint density at radius 1 is 1.50 bits per heavy atom. The molecule has 0 fully saturated rings. The lowest BCUT2D eigenvalue weighted by atomic mass is 10.2. The number of hydrogen-bond acceptors (Lipinski definition) is 5. The SMILES string of the molecule is COCCN(c1nnccc1CN)C(C)C. The lowest BCUT2D eigenvalue weighted by Crippen LogP contribution is -2.35. The van der Waals surface area contributed by atoms with E-state index in [1.807, 2.05) is 6.07 Å². The van der Waals surface area contributed by atoms with Crippen molar-refractivity contribution < 1.29 is 4.74 Å². The molecule has 5 nitrogen and oxygen atoms in total. The largest absolute Gasteiger partial charge is 0.383 e. The summed E-state index contributed by atoms with van der Waals surface area (Å²) in [7, 11) is 1.69. The molecule has 0 amide bonds. The maximum atomic E-state index is 5.69. The van der Waals surface area contributed by atoms with Crippen LogP contribution in [0.15, 0.2) is 12.3 Å². The van der Waals surface area contributed by atoms with Gasteiger partial charge in [-0.25, -0.2) is 0 Å². The molecule has 0 saturated carbocycles. The van der Waals surface area contributed by atoms with Crippen molar-refractivity contribution in [2.24, 2.45) is 5.73 Å². The molecule has 0 bridgehead atoms. The molecule has 1 rings (SSSR count). The average Bonchev–Trinajstić information content (AvgIpc) is 2.29. The maximum absolute atomic E-state index is 5.69. The molecule has 0 aliphatic rings. The Bertz CT molecular complexity index is 317. The summed E-state index contributed by atoms with van der Waals surface area (Å²) in [6.07, 6.45) is 1.67. The van der Waals surface area contributed by atoms with Gasteiger partial charge < -0.3 is 15.4 Å². The number of hydrogen-bond donors (Lipinski definition) is 1. The number of nitrogens with two attached hydrogens (primary N) is 1. The van der Waals surface area contributed by atoms with Crippen molar-refractivity contribution in [3.05, 3.63) is 17.8 Å². The summed E-state index contributed by atoms with van der Waals surface area (Å²) in [5, 5.41) is 8.08. The van der Waals surface area contributed by atoms with E-state index in [1.165, 1.54) is 0 Å². The van der Waals surface area contributed by atoms with E-state index in [-0.39, 0.29) is 0 Å². The third kappa shape index (κ3) is 3.15. The van der Waals surface area contributed by atoms with E-state index in [4.69, 9.17) is 10.5 Å². The number of aromatic nitrogens is 2. The van der Waals surface area contributed by atoms with Crippen LogP contribution in [0.3, 0.4) is 0 Å². The third-order valence-corrected chi connectivity index (χ3v) is 2.43. The fraction of sp³-hybridized carbons (Fsp3) is 0.636. The molecule has 1 heterocycles. The van der Waals surface area contributed by atoms with Gasteiger partial charge in [0.05, 0.1) is 12.8 Å². The first-order chi connectivity index (χ1) is 7.70. The van der Waals surface area contributed by atoms with E-state index >= 15 is 0 Å². The quantitative estimate of drug-likeness (QED) is 0.774. The molecular formula is C11H20N4O. The monoisotopic (exact) mass is 224 g/mol. The summed E-state index contributed by atoms with van der Waals surface area (Å²) >= 11 is 0. The van der Waals surface area contributed by atoms with Gasteiger partial charge in [-0.2, -0.15) is 5.10 Å². The van der Waals surface area contributed by atoms with Crippen LogP contribution in [-0.2, 0) is 11.3 Å². The molecule has 0 atom stereocenters. The Balaban J connectivity index is 2.91. The number of methoxy groups -OCH3 is 1. The van der Waals surface area contributed by atoms with Gasteiger partial charge in [0.15, 0.2) is 5.82 Å². The first-order valence-electron chi connectivity index (χ1n) is 5.47. The van der Waals surface area contributed by atoms with E-state index in [2.05, 4.69) is 28.9 Å². The van der Waals surface area contributed by atoms with Gasteiger partial charge in [0.2, 0.25) is 0 Å². The molecule has 0 aromatic carbocycles. The fourth-order valence-corrected chi connectivity index (χ4v) is 1.55. The van der Waals surface area contributed by atoms with E-state index < -0.39 is 0 Å². The minimum absolute atomic E-state index is 0.345.